The summed E-state index contributed by atoms with van der Waals surface area (Å²) < 4.78 is 0.532. The van der Waals surface area contributed by atoms with Crippen molar-refractivity contribution in [3.8, 4) is 0 Å². The number of carbonyl (C=O) groups excluding carboxylic acids is 1. The second-order valence-corrected chi connectivity index (χ2v) is 1.93. The summed E-state index contributed by atoms with van der Waals surface area (Å²) in [5.41, 5.74) is 2.16. The van der Waals surface area contributed by atoms with Gasteiger partial charge in [0, 0.05) is 6.07 Å². The summed E-state index contributed by atoms with van der Waals surface area (Å²) in [5.74, 6) is 4.37. The first kappa shape index (κ1) is 14.5. The standard InChI is InChI=1S/C6H7N3O2.2ClH/c7-8-6(10)5-2-1-3-9(11)4-5;;/h1-4H,7H2,(H,8,10);2*1H. The van der Waals surface area contributed by atoms with Crippen LogP contribution in [-0.2, 0) is 0 Å². The maximum atomic E-state index is 10.8. The molecule has 74 valence electrons. The van der Waals surface area contributed by atoms with Crippen molar-refractivity contribution in [3.05, 3.63) is 35.3 Å². The molecule has 0 fully saturated rings. The predicted molar refractivity (Wildman–Crippen MR) is 51.6 cm³/mol. The number of nitrogens with two attached hydrogens (primary N) is 1. The summed E-state index contributed by atoms with van der Waals surface area (Å²) in [6.45, 7) is 0. The molecule has 0 aromatic carbocycles. The van der Waals surface area contributed by atoms with Crippen LogP contribution in [0.3, 0.4) is 0 Å². The van der Waals surface area contributed by atoms with Crippen molar-refractivity contribution in [2.75, 3.05) is 0 Å². The highest BCUT2D eigenvalue weighted by Crippen LogP contribution is 1.91. The zero-order valence-electron chi connectivity index (χ0n) is 6.47. The molecular weight excluding hydrogens is 217 g/mol. The lowest BCUT2D eigenvalue weighted by Crippen LogP contribution is -2.33. The van der Waals surface area contributed by atoms with E-state index in [-0.39, 0.29) is 30.4 Å². The van der Waals surface area contributed by atoms with Crippen LogP contribution in [0.15, 0.2) is 24.5 Å². The molecule has 0 spiro atoms. The fourth-order valence-corrected chi connectivity index (χ4v) is 0.672. The largest absolute Gasteiger partial charge is 0.619 e. The molecule has 0 bridgehead atoms. The van der Waals surface area contributed by atoms with Crippen molar-refractivity contribution >= 4 is 30.7 Å². The third kappa shape index (κ3) is 3.93. The molecule has 13 heavy (non-hydrogen) atoms. The van der Waals surface area contributed by atoms with Gasteiger partial charge in [0.15, 0.2) is 12.4 Å². The zero-order valence-corrected chi connectivity index (χ0v) is 8.10. The topological polar surface area (TPSA) is 82.1 Å². The Morgan fingerprint density at radius 2 is 2.15 bits per heavy atom. The molecule has 1 aromatic heterocycles. The van der Waals surface area contributed by atoms with Gasteiger partial charge in [-0.25, -0.2) is 5.84 Å². The van der Waals surface area contributed by atoms with E-state index in [1.54, 1.807) is 0 Å². The van der Waals surface area contributed by atoms with Crippen molar-refractivity contribution in [2.24, 2.45) is 5.84 Å². The number of hydrogen-bond donors (Lipinski definition) is 2. The van der Waals surface area contributed by atoms with Crippen molar-refractivity contribution in [3.63, 3.8) is 0 Å². The molecule has 0 radical (unpaired) electrons. The average molecular weight is 226 g/mol. The molecule has 1 aromatic rings. The van der Waals surface area contributed by atoms with Gasteiger partial charge in [-0.05, 0) is 6.07 Å². The molecule has 5 nitrogen and oxygen atoms in total. The van der Waals surface area contributed by atoms with E-state index in [9.17, 15) is 10.0 Å². The second-order valence-electron chi connectivity index (χ2n) is 1.93. The Kier molecular flexibility index (Phi) is 7.21. The zero-order chi connectivity index (χ0) is 8.27. The highest BCUT2D eigenvalue weighted by molar-refractivity contribution is 5.93. The monoisotopic (exact) mass is 225 g/mol. The number of carbonyl (C=O) groups is 1. The molecule has 0 aliphatic carbocycles. The molecule has 7 heteroatoms. The Morgan fingerprint density at radius 3 is 2.62 bits per heavy atom. The van der Waals surface area contributed by atoms with E-state index in [0.717, 1.165) is 6.20 Å². The van der Waals surface area contributed by atoms with Crippen LogP contribution in [0.2, 0.25) is 0 Å². The summed E-state index contributed by atoms with van der Waals surface area (Å²) in [5, 5.41) is 10.6. The predicted octanol–water partition coefficient (Wildman–Crippen LogP) is -0.233. The van der Waals surface area contributed by atoms with Gasteiger partial charge in [0.1, 0.15) is 5.56 Å². The van der Waals surface area contributed by atoms with Gasteiger partial charge in [-0.15, -0.1) is 24.8 Å². The van der Waals surface area contributed by atoms with E-state index in [1.165, 1.54) is 18.3 Å². The molecule has 1 amide bonds. The quantitative estimate of drug-likeness (QED) is 0.228. The van der Waals surface area contributed by atoms with Gasteiger partial charge in [-0.1, -0.05) is 0 Å². The fraction of sp³-hybridized carbons (Fsp3) is 0. The Bertz CT molecular complexity index is 282. The molecule has 1 rings (SSSR count). The molecule has 1 heterocycles. The summed E-state index contributed by atoms with van der Waals surface area (Å²) in [4.78, 5) is 10.8. The van der Waals surface area contributed by atoms with Gasteiger partial charge in [0.2, 0.25) is 0 Å². The molecule has 0 saturated carbocycles. The number of hydrogen-bond acceptors (Lipinski definition) is 3. The van der Waals surface area contributed by atoms with Crippen LogP contribution in [0.5, 0.6) is 0 Å². The maximum Gasteiger partial charge on any atom is 0.271 e. The van der Waals surface area contributed by atoms with Gasteiger partial charge in [0.25, 0.3) is 5.91 Å². The second kappa shape index (κ2) is 6.47. The van der Waals surface area contributed by atoms with Crippen LogP contribution in [-0.4, -0.2) is 5.91 Å². The number of rotatable bonds is 1. The molecule has 0 aliphatic heterocycles. The maximum absolute atomic E-state index is 10.8. The van der Waals surface area contributed by atoms with Crippen LogP contribution in [0.4, 0.5) is 0 Å². The summed E-state index contributed by atoms with van der Waals surface area (Å²) in [7, 11) is 0. The lowest BCUT2D eigenvalue weighted by molar-refractivity contribution is -0.605. The van der Waals surface area contributed by atoms with Gasteiger partial charge in [-0.3, -0.25) is 10.2 Å². The number of amides is 1. The highest BCUT2D eigenvalue weighted by atomic mass is 35.5. The molecular formula is C6H9Cl2N3O2. The van der Waals surface area contributed by atoms with E-state index in [0.29, 0.717) is 4.73 Å². The van der Waals surface area contributed by atoms with Gasteiger partial charge >= 0.3 is 0 Å². The number of nitrogens with zero attached hydrogens (tertiary/aromatic N) is 1. The molecule has 0 saturated heterocycles. The van der Waals surface area contributed by atoms with Gasteiger partial charge in [-0.2, -0.15) is 4.73 Å². The lowest BCUT2D eigenvalue weighted by atomic mass is 10.3. The minimum absolute atomic E-state index is 0. The van der Waals surface area contributed by atoms with E-state index in [4.69, 9.17) is 5.84 Å². The van der Waals surface area contributed by atoms with Crippen LogP contribution >= 0.6 is 24.8 Å². The lowest BCUT2D eigenvalue weighted by Gasteiger charge is -1.98. The number of pyridine rings is 1. The summed E-state index contributed by atoms with van der Waals surface area (Å²) in [6, 6.07) is 2.97. The van der Waals surface area contributed by atoms with E-state index in [1.807, 2.05) is 5.43 Å². The summed E-state index contributed by atoms with van der Waals surface area (Å²) >= 11 is 0. The number of halogens is 2. The normalized spacial score (nSPS) is 7.77. The third-order valence-electron chi connectivity index (χ3n) is 1.17. The van der Waals surface area contributed by atoms with Crippen molar-refractivity contribution in [1.29, 1.82) is 0 Å². The summed E-state index contributed by atoms with van der Waals surface area (Å²) in [6.07, 6.45) is 2.43. The molecule has 0 atom stereocenters. The molecule has 0 unspecified atom stereocenters. The fourth-order valence-electron chi connectivity index (χ4n) is 0.672. The van der Waals surface area contributed by atoms with Crippen LogP contribution < -0.4 is 16.0 Å². The first-order valence-corrected chi connectivity index (χ1v) is 2.94. The molecule has 0 aliphatic rings. The number of aromatic nitrogens is 1. The van der Waals surface area contributed by atoms with E-state index < -0.39 is 5.91 Å². The van der Waals surface area contributed by atoms with Crippen LogP contribution in [0, 0.1) is 5.21 Å². The number of nitrogen functional groups attached to an aromatic ring is 1. The Morgan fingerprint density at radius 1 is 1.54 bits per heavy atom. The Balaban J connectivity index is 0. The van der Waals surface area contributed by atoms with Crippen molar-refractivity contribution in [2.45, 2.75) is 0 Å². The third-order valence-corrected chi connectivity index (χ3v) is 1.17. The van der Waals surface area contributed by atoms with Crippen LogP contribution in [0.1, 0.15) is 10.4 Å². The van der Waals surface area contributed by atoms with Crippen molar-refractivity contribution < 1.29 is 9.52 Å². The van der Waals surface area contributed by atoms with Crippen LogP contribution in [0.25, 0.3) is 0 Å². The Labute approximate surface area is 87.3 Å². The van der Waals surface area contributed by atoms with E-state index >= 15 is 0 Å². The van der Waals surface area contributed by atoms with Gasteiger partial charge < -0.3 is 5.21 Å². The first-order valence-electron chi connectivity index (χ1n) is 2.94. The smallest absolute Gasteiger partial charge is 0.271 e. The molecule has 3 N–H and O–H groups in total. The highest BCUT2D eigenvalue weighted by Gasteiger charge is 2.04. The first-order chi connectivity index (χ1) is 5.24. The minimum atomic E-state index is -0.477. The van der Waals surface area contributed by atoms with Gasteiger partial charge in [0.05, 0.1) is 0 Å². The minimum Gasteiger partial charge on any atom is -0.619 e. The number of nitrogens with one attached hydrogen (secondary N) is 1. The number of hydrazine groups is 1. The van der Waals surface area contributed by atoms with E-state index in [2.05, 4.69) is 0 Å². The van der Waals surface area contributed by atoms with Crippen molar-refractivity contribution in [1.82, 2.24) is 5.43 Å². The SMILES string of the molecule is Cl.Cl.NNC(=O)c1ccc[n+]([O-])c1. The average Bonchev–Trinajstić information content (AvgIpc) is 2.03. The Hall–Kier alpha value is -1.04.